The van der Waals surface area contributed by atoms with Crippen molar-refractivity contribution in [2.24, 2.45) is 0 Å². The van der Waals surface area contributed by atoms with Crippen molar-refractivity contribution in [3.63, 3.8) is 0 Å². The summed E-state index contributed by atoms with van der Waals surface area (Å²) in [6, 6.07) is 58.6. The van der Waals surface area contributed by atoms with Gasteiger partial charge in [0.25, 0.3) is 0 Å². The normalized spacial score (nSPS) is 11.8. The topological polar surface area (TPSA) is 55.6 Å². The lowest BCUT2D eigenvalue weighted by molar-refractivity contribution is 0.620. The van der Waals surface area contributed by atoms with Gasteiger partial charge < -0.3 is 18.2 Å². The van der Waals surface area contributed by atoms with Gasteiger partial charge in [-0.1, -0.05) is 103 Å². The molecule has 244 valence electrons. The van der Waals surface area contributed by atoms with Gasteiger partial charge in [-0.15, -0.1) is 0 Å². The average Bonchev–Trinajstić information content (AvgIpc) is 3.91. The predicted molar refractivity (Wildman–Crippen MR) is 212 cm³/mol. The second-order valence-corrected chi connectivity index (χ2v) is 13.1. The van der Waals surface area contributed by atoms with Gasteiger partial charge in [-0.3, -0.25) is 0 Å². The molecule has 0 aliphatic rings. The van der Waals surface area contributed by atoms with E-state index >= 15 is 0 Å². The first-order chi connectivity index (χ1) is 25.8. The summed E-state index contributed by atoms with van der Waals surface area (Å²) in [6.07, 6.45) is 0. The molecule has 0 N–H and O–H groups in total. The van der Waals surface area contributed by atoms with E-state index in [0.717, 1.165) is 83.2 Å². The zero-order valence-corrected chi connectivity index (χ0v) is 27.8. The molecular formula is C47H28N2O3. The van der Waals surface area contributed by atoms with Crippen molar-refractivity contribution in [1.29, 1.82) is 0 Å². The summed E-state index contributed by atoms with van der Waals surface area (Å²) < 4.78 is 19.5. The molecule has 0 amide bonds. The summed E-state index contributed by atoms with van der Waals surface area (Å²) in [6.45, 7) is 0. The molecule has 3 aromatic heterocycles. The number of hydrogen-bond acceptors (Lipinski definition) is 5. The Labute approximate surface area is 297 Å². The molecule has 0 bridgehead atoms. The van der Waals surface area contributed by atoms with E-state index in [4.69, 9.17) is 18.2 Å². The lowest BCUT2D eigenvalue weighted by atomic mass is 9.97. The molecule has 52 heavy (non-hydrogen) atoms. The zero-order valence-electron chi connectivity index (χ0n) is 27.8. The summed E-state index contributed by atoms with van der Waals surface area (Å²) in [5, 5.41) is 6.54. The first kappa shape index (κ1) is 28.7. The number of furan rings is 2. The van der Waals surface area contributed by atoms with Crippen LogP contribution in [-0.4, -0.2) is 4.98 Å². The average molecular weight is 669 g/mol. The van der Waals surface area contributed by atoms with Crippen LogP contribution in [0.4, 0.5) is 17.1 Å². The molecule has 0 radical (unpaired) electrons. The van der Waals surface area contributed by atoms with Crippen molar-refractivity contribution in [1.82, 2.24) is 4.98 Å². The van der Waals surface area contributed by atoms with E-state index in [1.807, 2.05) is 54.6 Å². The molecule has 3 heterocycles. The van der Waals surface area contributed by atoms with Crippen molar-refractivity contribution in [2.75, 3.05) is 4.90 Å². The Balaban J connectivity index is 1.13. The van der Waals surface area contributed by atoms with E-state index in [1.54, 1.807) is 0 Å². The molecule has 5 heteroatoms. The highest BCUT2D eigenvalue weighted by molar-refractivity contribution is 6.14. The summed E-state index contributed by atoms with van der Waals surface area (Å²) >= 11 is 0. The molecule has 0 unspecified atom stereocenters. The second-order valence-electron chi connectivity index (χ2n) is 13.1. The number of aromatic nitrogens is 1. The van der Waals surface area contributed by atoms with Crippen LogP contribution in [0.25, 0.3) is 88.3 Å². The Morgan fingerprint density at radius 1 is 0.423 bits per heavy atom. The highest BCUT2D eigenvalue weighted by atomic mass is 16.4. The van der Waals surface area contributed by atoms with E-state index in [-0.39, 0.29) is 0 Å². The first-order valence-corrected chi connectivity index (χ1v) is 17.4. The highest BCUT2D eigenvalue weighted by Gasteiger charge is 2.22. The van der Waals surface area contributed by atoms with Crippen LogP contribution in [0, 0.1) is 0 Å². The molecule has 0 atom stereocenters. The standard InChI is InChI=1S/C47H28N2O3/c1-2-15-33-29(11-1)12-8-17-34(33)30-13-7-14-31(27-30)49(40-21-9-18-36-35-16-3-5-22-41(35)51-46(36)40)32-25-26-37-44(28-32)50-43-24-10-19-38(45(37)43)47-48-39-20-4-6-23-42(39)52-47/h1-28H. The molecule has 0 fully saturated rings. The van der Waals surface area contributed by atoms with Gasteiger partial charge in [0.2, 0.25) is 5.89 Å². The minimum Gasteiger partial charge on any atom is -0.456 e. The Morgan fingerprint density at radius 3 is 2.08 bits per heavy atom. The van der Waals surface area contributed by atoms with Gasteiger partial charge in [-0.25, -0.2) is 4.98 Å². The summed E-state index contributed by atoms with van der Waals surface area (Å²) in [5.41, 5.74) is 10.9. The van der Waals surface area contributed by atoms with Crippen LogP contribution >= 0.6 is 0 Å². The molecule has 11 aromatic rings. The number of benzene rings is 8. The SMILES string of the molecule is c1cc(-c2cccc3ccccc23)cc(N(c2ccc3c(c2)oc2cccc(-c4nc5ccccc5o4)c23)c2cccc3c2oc2ccccc23)c1. The van der Waals surface area contributed by atoms with E-state index in [0.29, 0.717) is 5.89 Å². The highest BCUT2D eigenvalue weighted by Crippen LogP contribution is 2.45. The molecule has 0 spiro atoms. The van der Waals surface area contributed by atoms with Crippen LogP contribution in [0.1, 0.15) is 0 Å². The first-order valence-electron chi connectivity index (χ1n) is 17.4. The maximum absolute atomic E-state index is 6.62. The maximum Gasteiger partial charge on any atom is 0.228 e. The van der Waals surface area contributed by atoms with Crippen molar-refractivity contribution in [3.05, 3.63) is 170 Å². The van der Waals surface area contributed by atoms with Gasteiger partial charge in [0, 0.05) is 38.9 Å². The molecule has 8 aromatic carbocycles. The third-order valence-corrected chi connectivity index (χ3v) is 10.1. The van der Waals surface area contributed by atoms with Crippen molar-refractivity contribution < 1.29 is 13.3 Å². The summed E-state index contributed by atoms with van der Waals surface area (Å²) in [7, 11) is 0. The Hall–Kier alpha value is -7.11. The Morgan fingerprint density at radius 2 is 1.13 bits per heavy atom. The lowest BCUT2D eigenvalue weighted by Crippen LogP contribution is -2.10. The largest absolute Gasteiger partial charge is 0.456 e. The monoisotopic (exact) mass is 668 g/mol. The number of oxazole rings is 1. The van der Waals surface area contributed by atoms with E-state index in [1.165, 1.54) is 16.3 Å². The zero-order chi connectivity index (χ0) is 34.2. The Kier molecular flexibility index (Phi) is 6.18. The fourth-order valence-corrected chi connectivity index (χ4v) is 7.74. The number of hydrogen-bond donors (Lipinski definition) is 0. The smallest absolute Gasteiger partial charge is 0.228 e. The minimum absolute atomic E-state index is 0.571. The molecule has 0 aliphatic carbocycles. The second kappa shape index (κ2) is 11.2. The molecular weight excluding hydrogens is 641 g/mol. The molecule has 0 saturated carbocycles. The minimum atomic E-state index is 0.571. The fourth-order valence-electron chi connectivity index (χ4n) is 7.74. The third-order valence-electron chi connectivity index (χ3n) is 10.1. The van der Waals surface area contributed by atoms with E-state index in [9.17, 15) is 0 Å². The van der Waals surface area contributed by atoms with Crippen LogP contribution < -0.4 is 4.90 Å². The molecule has 0 saturated heterocycles. The van der Waals surface area contributed by atoms with Gasteiger partial charge in [0.15, 0.2) is 11.2 Å². The van der Waals surface area contributed by atoms with E-state index in [2.05, 4.69) is 120 Å². The molecule has 11 rings (SSSR count). The predicted octanol–water partition coefficient (Wildman–Crippen LogP) is 13.6. The van der Waals surface area contributed by atoms with Gasteiger partial charge in [0.05, 0.1) is 11.4 Å². The lowest BCUT2D eigenvalue weighted by Gasteiger charge is -2.26. The van der Waals surface area contributed by atoms with Gasteiger partial charge >= 0.3 is 0 Å². The number of nitrogens with zero attached hydrogens (tertiary/aromatic N) is 2. The van der Waals surface area contributed by atoms with Gasteiger partial charge in [-0.05, 0) is 82.6 Å². The van der Waals surface area contributed by atoms with Crippen molar-refractivity contribution >= 4 is 82.8 Å². The van der Waals surface area contributed by atoms with Crippen molar-refractivity contribution in [3.8, 4) is 22.6 Å². The molecule has 0 aliphatic heterocycles. The van der Waals surface area contributed by atoms with Crippen LogP contribution in [0.2, 0.25) is 0 Å². The number of fused-ring (bicyclic) bond motifs is 8. The summed E-state index contributed by atoms with van der Waals surface area (Å²) in [5.74, 6) is 0.571. The van der Waals surface area contributed by atoms with Crippen LogP contribution in [0.5, 0.6) is 0 Å². The van der Waals surface area contributed by atoms with Crippen LogP contribution in [-0.2, 0) is 0 Å². The quantitative estimate of drug-likeness (QED) is 0.183. The number of para-hydroxylation sites is 4. The number of rotatable bonds is 5. The maximum atomic E-state index is 6.62. The summed E-state index contributed by atoms with van der Waals surface area (Å²) in [4.78, 5) is 7.09. The van der Waals surface area contributed by atoms with E-state index < -0.39 is 0 Å². The molecule has 5 nitrogen and oxygen atoms in total. The van der Waals surface area contributed by atoms with Crippen LogP contribution in [0.15, 0.2) is 183 Å². The number of anilines is 3. The van der Waals surface area contributed by atoms with Crippen LogP contribution in [0.3, 0.4) is 0 Å². The Bertz CT molecular complexity index is 3130. The third kappa shape index (κ3) is 4.39. The fraction of sp³-hybridized carbons (Fsp3) is 0. The van der Waals surface area contributed by atoms with Crippen molar-refractivity contribution in [2.45, 2.75) is 0 Å². The van der Waals surface area contributed by atoms with Gasteiger partial charge in [-0.2, -0.15) is 0 Å². The van der Waals surface area contributed by atoms with Gasteiger partial charge in [0.1, 0.15) is 22.3 Å².